The van der Waals surface area contributed by atoms with E-state index in [4.69, 9.17) is 9.84 Å². The number of hydrogen-bond acceptors (Lipinski definition) is 3. The summed E-state index contributed by atoms with van der Waals surface area (Å²) < 4.78 is 6.89. The molecular formula is C10H14N2O3. The number of hydrogen-bond donors (Lipinski definition) is 1. The highest BCUT2D eigenvalue weighted by molar-refractivity contribution is 5.71. The molecule has 0 aromatic carbocycles. The van der Waals surface area contributed by atoms with E-state index in [0.717, 1.165) is 11.4 Å². The summed E-state index contributed by atoms with van der Waals surface area (Å²) in [5, 5.41) is 12.9. The summed E-state index contributed by atoms with van der Waals surface area (Å²) in [6.45, 7) is 0. The Morgan fingerprint density at radius 3 is 2.87 bits per heavy atom. The van der Waals surface area contributed by atoms with E-state index < -0.39 is 5.97 Å². The lowest BCUT2D eigenvalue weighted by Crippen LogP contribution is -2.28. The van der Waals surface area contributed by atoms with E-state index in [0.29, 0.717) is 12.8 Å². The monoisotopic (exact) mass is 210 g/mol. The van der Waals surface area contributed by atoms with Gasteiger partial charge in [0, 0.05) is 12.6 Å². The molecule has 1 heterocycles. The number of aryl methyl sites for hydroxylation is 1. The Labute approximate surface area is 87.7 Å². The van der Waals surface area contributed by atoms with Crippen molar-refractivity contribution in [1.29, 1.82) is 0 Å². The fourth-order valence-electron chi connectivity index (χ4n) is 2.05. The molecule has 1 aromatic heterocycles. The molecule has 1 aliphatic rings. The fraction of sp³-hybridized carbons (Fsp3) is 0.600. The van der Waals surface area contributed by atoms with Gasteiger partial charge < -0.3 is 9.84 Å². The zero-order valence-corrected chi connectivity index (χ0v) is 8.80. The lowest BCUT2D eigenvalue weighted by Gasteiger charge is -2.31. The minimum absolute atomic E-state index is 0.195. The average molecular weight is 210 g/mol. The largest absolute Gasteiger partial charge is 0.481 e. The Balaban J connectivity index is 2.09. The van der Waals surface area contributed by atoms with Crippen LogP contribution in [0.1, 0.15) is 24.3 Å². The summed E-state index contributed by atoms with van der Waals surface area (Å²) in [4.78, 5) is 10.7. The maximum Gasteiger partial charge on any atom is 0.306 e. The number of aromatic nitrogens is 2. The lowest BCUT2D eigenvalue weighted by atomic mass is 9.72. The smallest absolute Gasteiger partial charge is 0.306 e. The van der Waals surface area contributed by atoms with Gasteiger partial charge in [0.25, 0.3) is 0 Å². The van der Waals surface area contributed by atoms with E-state index in [2.05, 4.69) is 5.10 Å². The first kappa shape index (κ1) is 10.0. The van der Waals surface area contributed by atoms with Gasteiger partial charge in [-0.3, -0.25) is 4.79 Å². The third-order valence-corrected chi connectivity index (χ3v) is 3.03. The molecule has 0 radical (unpaired) electrons. The van der Waals surface area contributed by atoms with Crippen LogP contribution in [0.15, 0.2) is 6.20 Å². The minimum Gasteiger partial charge on any atom is -0.481 e. The van der Waals surface area contributed by atoms with Gasteiger partial charge in [-0.15, -0.1) is 0 Å². The standard InChI is InChI=1S/C10H14N2O3/c1-12-9(15-2)8(5-11-12)6-3-7(4-6)10(13)14/h5-7H,3-4H2,1-2H3,(H,13,14). The van der Waals surface area contributed by atoms with Gasteiger partial charge in [0.05, 0.1) is 19.2 Å². The quantitative estimate of drug-likeness (QED) is 0.808. The van der Waals surface area contributed by atoms with E-state index in [9.17, 15) is 4.79 Å². The summed E-state index contributed by atoms with van der Waals surface area (Å²) in [7, 11) is 3.42. The van der Waals surface area contributed by atoms with Crippen molar-refractivity contribution in [2.24, 2.45) is 13.0 Å². The van der Waals surface area contributed by atoms with Crippen LogP contribution in [0.2, 0.25) is 0 Å². The van der Waals surface area contributed by atoms with Crippen molar-refractivity contribution in [3.8, 4) is 5.88 Å². The maximum absolute atomic E-state index is 10.7. The fourth-order valence-corrected chi connectivity index (χ4v) is 2.05. The first-order chi connectivity index (χ1) is 7.13. The van der Waals surface area contributed by atoms with Crippen LogP contribution in [0.4, 0.5) is 0 Å². The van der Waals surface area contributed by atoms with E-state index >= 15 is 0 Å². The van der Waals surface area contributed by atoms with Crippen molar-refractivity contribution in [3.63, 3.8) is 0 Å². The highest BCUT2D eigenvalue weighted by Crippen LogP contribution is 2.44. The Kier molecular flexibility index (Phi) is 2.38. The molecule has 0 atom stereocenters. The Bertz CT molecular complexity index is 380. The number of carboxylic acid groups (broad SMARTS) is 1. The number of nitrogens with zero attached hydrogens (tertiary/aromatic N) is 2. The molecule has 0 aliphatic heterocycles. The summed E-state index contributed by atoms with van der Waals surface area (Å²) in [5.74, 6) is 0.132. The van der Waals surface area contributed by atoms with Crippen molar-refractivity contribution in [1.82, 2.24) is 9.78 Å². The number of methoxy groups -OCH3 is 1. The normalized spacial score (nSPS) is 24.7. The molecule has 2 rings (SSSR count). The zero-order chi connectivity index (χ0) is 11.0. The Morgan fingerprint density at radius 2 is 2.33 bits per heavy atom. The second-order valence-electron chi connectivity index (χ2n) is 3.94. The second-order valence-corrected chi connectivity index (χ2v) is 3.94. The van der Waals surface area contributed by atoms with Gasteiger partial charge in [-0.2, -0.15) is 5.10 Å². The molecule has 1 aromatic rings. The molecular weight excluding hydrogens is 196 g/mol. The van der Waals surface area contributed by atoms with Gasteiger partial charge in [-0.1, -0.05) is 0 Å². The van der Waals surface area contributed by atoms with Gasteiger partial charge in [0.15, 0.2) is 0 Å². The zero-order valence-electron chi connectivity index (χ0n) is 8.80. The van der Waals surface area contributed by atoms with Crippen molar-refractivity contribution in [2.75, 3.05) is 7.11 Å². The van der Waals surface area contributed by atoms with Gasteiger partial charge in [0.1, 0.15) is 0 Å². The first-order valence-corrected chi connectivity index (χ1v) is 4.92. The van der Waals surface area contributed by atoms with Gasteiger partial charge in [-0.25, -0.2) is 4.68 Å². The van der Waals surface area contributed by atoms with Crippen LogP contribution in [0, 0.1) is 5.92 Å². The number of rotatable bonds is 3. The molecule has 0 amide bonds. The summed E-state index contributed by atoms with van der Waals surface area (Å²) in [6, 6.07) is 0. The Hall–Kier alpha value is -1.52. The summed E-state index contributed by atoms with van der Waals surface area (Å²) >= 11 is 0. The number of carboxylic acids is 1. The SMILES string of the molecule is COc1c(C2CC(C(=O)O)C2)cnn1C. The molecule has 1 saturated carbocycles. The molecule has 15 heavy (non-hydrogen) atoms. The third kappa shape index (κ3) is 1.58. The van der Waals surface area contributed by atoms with Crippen LogP contribution in [0.25, 0.3) is 0 Å². The molecule has 1 N–H and O–H groups in total. The molecule has 1 aliphatic carbocycles. The first-order valence-electron chi connectivity index (χ1n) is 4.92. The molecule has 0 saturated heterocycles. The highest BCUT2D eigenvalue weighted by Gasteiger charge is 2.37. The lowest BCUT2D eigenvalue weighted by molar-refractivity contribution is -0.145. The van der Waals surface area contributed by atoms with E-state index in [1.807, 2.05) is 7.05 Å². The number of carbonyl (C=O) groups is 1. The summed E-state index contributed by atoms with van der Waals surface area (Å²) in [6.07, 6.45) is 3.15. The van der Waals surface area contributed by atoms with Gasteiger partial charge >= 0.3 is 5.97 Å². The topological polar surface area (TPSA) is 64.3 Å². The van der Waals surface area contributed by atoms with Crippen molar-refractivity contribution in [2.45, 2.75) is 18.8 Å². The van der Waals surface area contributed by atoms with Crippen molar-refractivity contribution in [3.05, 3.63) is 11.8 Å². The van der Waals surface area contributed by atoms with Crippen LogP contribution in [-0.4, -0.2) is 28.0 Å². The average Bonchev–Trinajstić information content (AvgIpc) is 2.44. The second kappa shape index (κ2) is 3.56. The molecule has 1 fully saturated rings. The van der Waals surface area contributed by atoms with Crippen LogP contribution < -0.4 is 4.74 Å². The molecule has 82 valence electrons. The van der Waals surface area contributed by atoms with Crippen molar-refractivity contribution >= 4 is 5.97 Å². The maximum atomic E-state index is 10.7. The van der Waals surface area contributed by atoms with E-state index in [1.54, 1.807) is 18.0 Å². The van der Waals surface area contributed by atoms with Crippen LogP contribution in [0.5, 0.6) is 5.88 Å². The molecule has 0 unspecified atom stereocenters. The molecule has 0 spiro atoms. The predicted molar refractivity (Wildman–Crippen MR) is 52.9 cm³/mol. The highest BCUT2D eigenvalue weighted by atomic mass is 16.5. The predicted octanol–water partition coefficient (Wildman–Crippen LogP) is 1.01. The van der Waals surface area contributed by atoms with Crippen LogP contribution in [0.3, 0.4) is 0 Å². The van der Waals surface area contributed by atoms with Crippen molar-refractivity contribution < 1.29 is 14.6 Å². The molecule has 0 bridgehead atoms. The van der Waals surface area contributed by atoms with Gasteiger partial charge in [0.2, 0.25) is 5.88 Å². The summed E-state index contributed by atoms with van der Waals surface area (Å²) in [5.41, 5.74) is 1.03. The Morgan fingerprint density at radius 1 is 1.67 bits per heavy atom. The van der Waals surface area contributed by atoms with Gasteiger partial charge in [-0.05, 0) is 18.8 Å². The van der Waals surface area contributed by atoms with E-state index in [1.165, 1.54) is 0 Å². The minimum atomic E-state index is -0.700. The molecule has 5 heteroatoms. The number of ether oxygens (including phenoxy) is 1. The number of aliphatic carboxylic acids is 1. The van der Waals surface area contributed by atoms with E-state index in [-0.39, 0.29) is 11.8 Å². The van der Waals surface area contributed by atoms with Crippen LogP contribution >= 0.6 is 0 Å². The van der Waals surface area contributed by atoms with Crippen LogP contribution in [-0.2, 0) is 11.8 Å². The molecule has 5 nitrogen and oxygen atoms in total. The third-order valence-electron chi connectivity index (χ3n) is 3.03.